The lowest BCUT2D eigenvalue weighted by Crippen LogP contribution is -3.00. The lowest BCUT2D eigenvalue weighted by Gasteiger charge is -2.26. The number of carboxylic acids is 1. The van der Waals surface area contributed by atoms with Crippen molar-refractivity contribution in [2.24, 2.45) is 0 Å². The van der Waals surface area contributed by atoms with E-state index in [0.29, 0.717) is 39.8 Å². The molecule has 0 aromatic carbocycles. The third-order valence-electron chi connectivity index (χ3n) is 4.53. The SMILES string of the molecule is C=C(C)C(=O)OCC(O)C[N+](C)(C)C.C=C(C)C(=O)OCC(O)C[N+](C)(C)C.C=C(C)C(=O)[O-].C=CC(=O)OCCCCC.[Cl-]. The Morgan fingerprint density at radius 2 is 1.07 bits per heavy atom. The Morgan fingerprint density at radius 3 is 1.29 bits per heavy atom. The summed E-state index contributed by atoms with van der Waals surface area (Å²) >= 11 is 0. The second-order valence-electron chi connectivity index (χ2n) is 12.2. The van der Waals surface area contributed by atoms with Gasteiger partial charge in [-0.1, -0.05) is 46.1 Å². The van der Waals surface area contributed by atoms with Crippen molar-refractivity contribution in [3.8, 4) is 0 Å². The summed E-state index contributed by atoms with van der Waals surface area (Å²) in [6.45, 7) is 21.6. The molecular weight excluding hydrogens is 608 g/mol. The van der Waals surface area contributed by atoms with Crippen LogP contribution in [0.2, 0.25) is 0 Å². The van der Waals surface area contributed by atoms with E-state index in [2.05, 4.69) is 33.2 Å². The molecule has 0 radical (unpaired) electrons. The number of aliphatic carboxylic acids is 1. The van der Waals surface area contributed by atoms with Gasteiger partial charge in [0.15, 0.2) is 0 Å². The molecule has 0 aliphatic rings. The predicted molar refractivity (Wildman–Crippen MR) is 170 cm³/mol. The second kappa shape index (κ2) is 28.4. The first kappa shape index (κ1) is 51.5. The first-order valence-corrected chi connectivity index (χ1v) is 14.2. The number of unbranched alkanes of at least 4 members (excludes halogenated alkanes) is 2. The molecular formula is C32H59ClN2O10. The van der Waals surface area contributed by atoms with Crippen molar-refractivity contribution in [2.45, 2.75) is 59.2 Å². The molecule has 2 atom stereocenters. The lowest BCUT2D eigenvalue weighted by molar-refractivity contribution is -0.873. The number of likely N-dealkylation sites (N-methyl/N-ethyl adjacent to an activating group) is 2. The second-order valence-corrected chi connectivity index (χ2v) is 12.2. The Morgan fingerprint density at radius 1 is 0.733 bits per heavy atom. The molecule has 0 fully saturated rings. The number of quaternary nitrogens is 2. The summed E-state index contributed by atoms with van der Waals surface area (Å²) in [6, 6.07) is 0. The molecule has 0 saturated heterocycles. The maximum atomic E-state index is 11.0. The number of aliphatic hydroxyl groups excluding tert-OH is 2. The molecule has 0 rings (SSSR count). The van der Waals surface area contributed by atoms with Gasteiger partial charge in [-0.25, -0.2) is 14.4 Å². The Balaban J connectivity index is -0.000000163. The fourth-order valence-electron chi connectivity index (χ4n) is 2.54. The van der Waals surface area contributed by atoms with Crippen molar-refractivity contribution < 1.29 is 70.1 Å². The van der Waals surface area contributed by atoms with E-state index in [1.807, 2.05) is 42.3 Å². The Labute approximate surface area is 277 Å². The highest BCUT2D eigenvalue weighted by Gasteiger charge is 2.18. The van der Waals surface area contributed by atoms with Gasteiger partial charge in [0.05, 0.1) is 54.9 Å². The Hall–Kier alpha value is -3.03. The van der Waals surface area contributed by atoms with E-state index in [-0.39, 0.29) is 37.2 Å². The minimum absolute atomic E-state index is 0. The van der Waals surface area contributed by atoms with E-state index in [4.69, 9.17) is 14.2 Å². The van der Waals surface area contributed by atoms with Gasteiger partial charge in [-0.2, -0.15) is 0 Å². The minimum Gasteiger partial charge on any atom is -1.00 e. The topological polar surface area (TPSA) is 159 Å². The van der Waals surface area contributed by atoms with Gasteiger partial charge in [0, 0.05) is 17.2 Å². The van der Waals surface area contributed by atoms with Gasteiger partial charge >= 0.3 is 17.9 Å². The number of carbonyl (C=O) groups excluding carboxylic acids is 4. The van der Waals surface area contributed by atoms with Crippen molar-refractivity contribution in [3.05, 3.63) is 49.1 Å². The number of carbonyl (C=O) groups is 4. The van der Waals surface area contributed by atoms with E-state index in [1.165, 1.54) is 13.0 Å². The largest absolute Gasteiger partial charge is 1.00 e. The third-order valence-corrected chi connectivity index (χ3v) is 4.53. The number of ether oxygens (including phenoxy) is 3. The average Bonchev–Trinajstić information content (AvgIpc) is 2.87. The molecule has 12 nitrogen and oxygen atoms in total. The first-order chi connectivity index (χ1) is 19.9. The van der Waals surface area contributed by atoms with E-state index < -0.39 is 30.1 Å². The summed E-state index contributed by atoms with van der Waals surface area (Å²) in [6.07, 6.45) is 3.15. The van der Waals surface area contributed by atoms with Gasteiger partial charge in [0.25, 0.3) is 0 Å². The normalized spacial score (nSPS) is 11.4. The number of hydrogen-bond donors (Lipinski definition) is 2. The number of nitrogens with zero attached hydrogens (tertiary/aromatic N) is 2. The number of esters is 3. The van der Waals surface area contributed by atoms with Gasteiger partial charge in [0.2, 0.25) is 0 Å². The zero-order chi connectivity index (χ0) is 35.7. The first-order valence-electron chi connectivity index (χ1n) is 14.2. The highest BCUT2D eigenvalue weighted by atomic mass is 35.5. The summed E-state index contributed by atoms with van der Waals surface area (Å²) in [7, 11) is 11.8. The highest BCUT2D eigenvalue weighted by molar-refractivity contribution is 5.87. The van der Waals surface area contributed by atoms with Crippen LogP contribution in [0.25, 0.3) is 0 Å². The summed E-state index contributed by atoms with van der Waals surface area (Å²) in [5.74, 6) is -2.41. The van der Waals surface area contributed by atoms with E-state index in [9.17, 15) is 34.5 Å². The molecule has 45 heavy (non-hydrogen) atoms. The van der Waals surface area contributed by atoms with Crippen molar-refractivity contribution >= 4 is 23.9 Å². The molecule has 0 amide bonds. The van der Waals surface area contributed by atoms with E-state index >= 15 is 0 Å². The molecule has 2 N–H and O–H groups in total. The quantitative estimate of drug-likeness (QED) is 0.0657. The summed E-state index contributed by atoms with van der Waals surface area (Å²) < 4.78 is 15.6. The zero-order valence-corrected chi connectivity index (χ0v) is 29.9. The van der Waals surface area contributed by atoms with Crippen LogP contribution in [0.5, 0.6) is 0 Å². The number of aliphatic hydroxyl groups is 2. The number of rotatable bonds is 16. The summed E-state index contributed by atoms with van der Waals surface area (Å²) in [5, 5.41) is 28.5. The van der Waals surface area contributed by atoms with Crippen LogP contribution in [0, 0.1) is 0 Å². The van der Waals surface area contributed by atoms with Gasteiger partial charge in [-0.05, 0) is 32.8 Å². The zero-order valence-electron chi connectivity index (χ0n) is 29.2. The molecule has 2 unspecified atom stereocenters. The molecule has 0 aliphatic heterocycles. The maximum Gasteiger partial charge on any atom is 0.333 e. The monoisotopic (exact) mass is 666 g/mol. The minimum atomic E-state index is -1.19. The molecule has 0 heterocycles. The van der Waals surface area contributed by atoms with Crippen molar-refractivity contribution in [1.82, 2.24) is 0 Å². The van der Waals surface area contributed by atoms with Crippen molar-refractivity contribution in [2.75, 3.05) is 75.2 Å². The standard InChI is InChI=1S/2C10H20NO3.C8H14O2.C4H6O2.ClH/c2*1-8(2)10(13)14-7-9(12)6-11(3,4)5;1-3-5-6-7-10-8(9)4-2;1-3(2)4(5)6;/h2*9,12H,1,6-7H2,2-5H3;4H,2-3,5-7H2,1H3;1H2,2H3,(H,5,6);1H/q2*+1;;;/p-2. The Bertz CT molecular complexity index is 862. The van der Waals surface area contributed by atoms with Crippen LogP contribution >= 0.6 is 0 Å². The molecule has 0 spiro atoms. The fraction of sp³-hybridized carbons (Fsp3) is 0.625. The molecule has 0 aromatic heterocycles. The molecule has 264 valence electrons. The number of halogens is 1. The average molecular weight is 667 g/mol. The smallest absolute Gasteiger partial charge is 0.333 e. The predicted octanol–water partition coefficient (Wildman–Crippen LogP) is -1.43. The molecule has 13 heteroatoms. The Kier molecular flexibility index (Phi) is 32.6. The van der Waals surface area contributed by atoms with Crippen LogP contribution < -0.4 is 17.5 Å². The van der Waals surface area contributed by atoms with Gasteiger partial charge in [0.1, 0.15) is 38.5 Å². The number of carboxylic acid groups (broad SMARTS) is 1. The lowest BCUT2D eigenvalue weighted by atomic mass is 10.3. The number of hydrogen-bond acceptors (Lipinski definition) is 10. The third kappa shape index (κ3) is 45.5. The van der Waals surface area contributed by atoms with Crippen LogP contribution in [0.4, 0.5) is 0 Å². The molecule has 0 saturated carbocycles. The van der Waals surface area contributed by atoms with E-state index in [1.54, 1.807) is 13.8 Å². The highest BCUT2D eigenvalue weighted by Crippen LogP contribution is 2.00. The van der Waals surface area contributed by atoms with Crippen LogP contribution in [-0.4, -0.2) is 130 Å². The maximum absolute atomic E-state index is 11.0. The van der Waals surface area contributed by atoms with Gasteiger partial charge < -0.3 is 55.7 Å². The van der Waals surface area contributed by atoms with Gasteiger partial charge in [-0.3, -0.25) is 0 Å². The molecule has 0 bridgehead atoms. The molecule has 0 aliphatic carbocycles. The van der Waals surface area contributed by atoms with Gasteiger partial charge in [-0.15, -0.1) is 0 Å². The summed E-state index contributed by atoms with van der Waals surface area (Å²) in [4.78, 5) is 41.9. The summed E-state index contributed by atoms with van der Waals surface area (Å²) in [5.41, 5.74) is 0.764. The fourth-order valence-corrected chi connectivity index (χ4v) is 2.54. The van der Waals surface area contributed by atoms with Crippen LogP contribution in [-0.2, 0) is 33.4 Å². The van der Waals surface area contributed by atoms with Crippen LogP contribution in [0.15, 0.2) is 49.1 Å². The van der Waals surface area contributed by atoms with Crippen molar-refractivity contribution in [1.29, 1.82) is 0 Å². The van der Waals surface area contributed by atoms with E-state index in [0.717, 1.165) is 19.3 Å². The van der Waals surface area contributed by atoms with Crippen molar-refractivity contribution in [3.63, 3.8) is 0 Å². The van der Waals surface area contributed by atoms with Crippen LogP contribution in [0.1, 0.15) is 47.0 Å². The van der Waals surface area contributed by atoms with Crippen LogP contribution in [0.3, 0.4) is 0 Å². The molecule has 0 aromatic rings.